The SMILES string of the molecule is Cc1cccc(N(CC(=O)N(Cc2ccc(Cl)cc2)[C@@H](Cc2ccccc2)C(=O)NC(C)C)S(=O)(=O)c2ccccc2)c1. The summed E-state index contributed by atoms with van der Waals surface area (Å²) in [6.07, 6.45) is 0.245. The molecule has 2 amide bonds. The minimum atomic E-state index is -4.13. The maximum atomic E-state index is 14.4. The van der Waals surface area contributed by atoms with Crippen LogP contribution in [-0.4, -0.2) is 43.8 Å². The number of carbonyl (C=O) groups excluding carboxylic acids is 2. The zero-order valence-electron chi connectivity index (χ0n) is 24.5. The molecule has 0 radical (unpaired) electrons. The topological polar surface area (TPSA) is 86.8 Å². The van der Waals surface area contributed by atoms with Crippen LogP contribution in [0.2, 0.25) is 5.02 Å². The second kappa shape index (κ2) is 14.4. The summed E-state index contributed by atoms with van der Waals surface area (Å²) in [5, 5.41) is 3.50. The van der Waals surface area contributed by atoms with Crippen molar-refractivity contribution < 1.29 is 18.0 Å². The van der Waals surface area contributed by atoms with Crippen molar-refractivity contribution >= 4 is 39.1 Å². The first-order valence-electron chi connectivity index (χ1n) is 14.1. The Labute approximate surface area is 259 Å². The number of hydrogen-bond acceptors (Lipinski definition) is 4. The normalized spacial score (nSPS) is 12.0. The van der Waals surface area contributed by atoms with Crippen LogP contribution in [0, 0.1) is 6.92 Å². The third-order valence-electron chi connectivity index (χ3n) is 6.87. The monoisotopic (exact) mass is 617 g/mol. The number of halogens is 1. The molecule has 43 heavy (non-hydrogen) atoms. The van der Waals surface area contributed by atoms with E-state index in [1.165, 1.54) is 17.0 Å². The number of nitrogens with zero attached hydrogens (tertiary/aromatic N) is 2. The zero-order chi connectivity index (χ0) is 31.0. The summed E-state index contributed by atoms with van der Waals surface area (Å²) < 4.78 is 29.1. The summed E-state index contributed by atoms with van der Waals surface area (Å²) in [4.78, 5) is 29.6. The van der Waals surface area contributed by atoms with Crippen LogP contribution in [0.4, 0.5) is 5.69 Å². The van der Waals surface area contributed by atoms with E-state index in [-0.39, 0.29) is 29.8 Å². The van der Waals surface area contributed by atoms with Gasteiger partial charge in [0.2, 0.25) is 11.8 Å². The van der Waals surface area contributed by atoms with Gasteiger partial charge in [0.15, 0.2) is 0 Å². The summed E-state index contributed by atoms with van der Waals surface area (Å²) >= 11 is 6.13. The van der Waals surface area contributed by atoms with Crippen LogP contribution in [0.15, 0.2) is 114 Å². The molecule has 0 bridgehead atoms. The number of amides is 2. The second-order valence-corrected chi connectivity index (χ2v) is 13.0. The largest absolute Gasteiger partial charge is 0.352 e. The van der Waals surface area contributed by atoms with E-state index in [9.17, 15) is 18.0 Å². The molecular weight excluding hydrogens is 582 g/mol. The number of aryl methyl sites for hydroxylation is 1. The van der Waals surface area contributed by atoms with E-state index in [0.29, 0.717) is 10.7 Å². The fourth-order valence-corrected chi connectivity index (χ4v) is 6.31. The number of hydrogen-bond donors (Lipinski definition) is 1. The Balaban J connectivity index is 1.80. The van der Waals surface area contributed by atoms with Gasteiger partial charge in [0.1, 0.15) is 12.6 Å². The van der Waals surface area contributed by atoms with E-state index in [1.807, 2.05) is 57.2 Å². The van der Waals surface area contributed by atoms with Gasteiger partial charge >= 0.3 is 0 Å². The van der Waals surface area contributed by atoms with E-state index in [1.54, 1.807) is 60.7 Å². The van der Waals surface area contributed by atoms with E-state index in [4.69, 9.17) is 11.6 Å². The molecule has 0 unspecified atom stereocenters. The molecule has 0 saturated heterocycles. The van der Waals surface area contributed by atoms with Crippen LogP contribution in [0.3, 0.4) is 0 Å². The van der Waals surface area contributed by atoms with Crippen LogP contribution >= 0.6 is 11.6 Å². The van der Waals surface area contributed by atoms with Crippen molar-refractivity contribution in [1.82, 2.24) is 10.2 Å². The van der Waals surface area contributed by atoms with Crippen LogP contribution < -0.4 is 9.62 Å². The molecular formula is C34H36ClN3O4S. The molecule has 1 atom stereocenters. The van der Waals surface area contributed by atoms with Gasteiger partial charge in [-0.3, -0.25) is 13.9 Å². The Bertz CT molecular complexity index is 1630. The molecule has 224 valence electrons. The van der Waals surface area contributed by atoms with Gasteiger partial charge in [-0.25, -0.2) is 8.42 Å². The van der Waals surface area contributed by atoms with Gasteiger partial charge in [-0.15, -0.1) is 0 Å². The van der Waals surface area contributed by atoms with Crippen molar-refractivity contribution in [3.05, 3.63) is 131 Å². The van der Waals surface area contributed by atoms with Gasteiger partial charge in [0, 0.05) is 24.0 Å². The predicted octanol–water partition coefficient (Wildman–Crippen LogP) is 6.01. The molecule has 0 aliphatic heterocycles. The molecule has 0 aliphatic rings. The van der Waals surface area contributed by atoms with Crippen LogP contribution in [0.5, 0.6) is 0 Å². The highest BCUT2D eigenvalue weighted by Crippen LogP contribution is 2.26. The maximum absolute atomic E-state index is 14.4. The molecule has 0 fully saturated rings. The molecule has 0 saturated carbocycles. The van der Waals surface area contributed by atoms with Gasteiger partial charge in [-0.05, 0) is 73.9 Å². The van der Waals surface area contributed by atoms with Gasteiger partial charge in [-0.1, -0.05) is 84.4 Å². The molecule has 4 aromatic rings. The third-order valence-corrected chi connectivity index (χ3v) is 8.91. The lowest BCUT2D eigenvalue weighted by Crippen LogP contribution is -2.54. The molecule has 7 nitrogen and oxygen atoms in total. The van der Waals surface area contributed by atoms with Crippen LogP contribution in [0.25, 0.3) is 0 Å². The predicted molar refractivity (Wildman–Crippen MR) is 171 cm³/mol. The van der Waals surface area contributed by atoms with Crippen molar-refractivity contribution in [3.8, 4) is 0 Å². The molecule has 0 aromatic heterocycles. The highest BCUT2D eigenvalue weighted by Gasteiger charge is 2.34. The van der Waals surface area contributed by atoms with E-state index in [0.717, 1.165) is 21.0 Å². The minimum Gasteiger partial charge on any atom is -0.352 e. The quantitative estimate of drug-likeness (QED) is 0.211. The van der Waals surface area contributed by atoms with Crippen molar-refractivity contribution in [1.29, 1.82) is 0 Å². The molecule has 4 aromatic carbocycles. The Kier molecular flexibility index (Phi) is 10.6. The number of rotatable bonds is 12. The van der Waals surface area contributed by atoms with Crippen molar-refractivity contribution in [2.45, 2.75) is 50.7 Å². The maximum Gasteiger partial charge on any atom is 0.264 e. The first-order chi connectivity index (χ1) is 20.5. The Morgan fingerprint density at radius 1 is 0.814 bits per heavy atom. The summed E-state index contributed by atoms with van der Waals surface area (Å²) in [7, 11) is -4.13. The molecule has 0 aliphatic carbocycles. The molecule has 9 heteroatoms. The molecule has 1 N–H and O–H groups in total. The summed E-state index contributed by atoms with van der Waals surface area (Å²) in [5.41, 5.74) is 2.82. The molecule has 4 rings (SSSR count). The summed E-state index contributed by atoms with van der Waals surface area (Å²) in [5.74, 6) is -0.843. The second-order valence-electron chi connectivity index (χ2n) is 10.7. The highest BCUT2D eigenvalue weighted by atomic mass is 35.5. The zero-order valence-corrected chi connectivity index (χ0v) is 26.1. The first-order valence-corrected chi connectivity index (χ1v) is 15.9. The van der Waals surface area contributed by atoms with E-state index < -0.39 is 28.5 Å². The fourth-order valence-electron chi connectivity index (χ4n) is 4.75. The smallest absolute Gasteiger partial charge is 0.264 e. The average Bonchev–Trinajstić information content (AvgIpc) is 2.99. The van der Waals surface area contributed by atoms with Crippen LogP contribution in [0.1, 0.15) is 30.5 Å². The number of anilines is 1. The number of benzene rings is 4. The Morgan fingerprint density at radius 2 is 1.44 bits per heavy atom. The minimum absolute atomic E-state index is 0.0620. The molecule has 0 heterocycles. The average molecular weight is 618 g/mol. The first kappa shape index (κ1) is 31.8. The van der Waals surface area contributed by atoms with Gasteiger partial charge in [0.05, 0.1) is 10.6 Å². The standard InChI is InChI=1S/C34H36ClN3O4S/c1-25(2)36-34(40)32(22-27-12-6-4-7-13-27)37(23-28-17-19-29(35)20-18-28)33(39)24-38(30-14-10-11-26(3)21-30)43(41,42)31-15-8-5-9-16-31/h4-21,25,32H,22-24H2,1-3H3,(H,36,40)/t32-/m0/s1. The van der Waals surface area contributed by atoms with Crippen LogP contribution in [-0.2, 0) is 32.6 Å². The lowest BCUT2D eigenvalue weighted by Gasteiger charge is -2.34. The molecule has 0 spiro atoms. The van der Waals surface area contributed by atoms with Gasteiger partial charge in [0.25, 0.3) is 10.0 Å². The Hall–Kier alpha value is -4.14. The van der Waals surface area contributed by atoms with Crippen molar-refractivity contribution in [2.75, 3.05) is 10.8 Å². The fraction of sp³-hybridized carbons (Fsp3) is 0.235. The third kappa shape index (κ3) is 8.46. The number of nitrogens with one attached hydrogen (secondary N) is 1. The van der Waals surface area contributed by atoms with E-state index >= 15 is 0 Å². The van der Waals surface area contributed by atoms with Gasteiger partial charge in [-0.2, -0.15) is 0 Å². The van der Waals surface area contributed by atoms with Crippen molar-refractivity contribution in [3.63, 3.8) is 0 Å². The summed E-state index contributed by atoms with van der Waals surface area (Å²) in [6, 6.07) is 30.4. The lowest BCUT2D eigenvalue weighted by atomic mass is 10.0. The number of sulfonamides is 1. The Morgan fingerprint density at radius 3 is 2.05 bits per heavy atom. The highest BCUT2D eigenvalue weighted by molar-refractivity contribution is 7.92. The summed E-state index contributed by atoms with van der Waals surface area (Å²) in [6.45, 7) is 5.14. The van der Waals surface area contributed by atoms with Crippen molar-refractivity contribution in [2.24, 2.45) is 0 Å². The number of carbonyl (C=O) groups is 2. The van der Waals surface area contributed by atoms with E-state index in [2.05, 4.69) is 5.32 Å². The van der Waals surface area contributed by atoms with Gasteiger partial charge < -0.3 is 10.2 Å². The lowest BCUT2D eigenvalue weighted by molar-refractivity contribution is -0.140.